The fourth-order valence-corrected chi connectivity index (χ4v) is 3.76. The highest BCUT2D eigenvalue weighted by Crippen LogP contribution is 2.31. The number of carbonyl (C=O) groups is 2. The number of amides is 2. The minimum Gasteiger partial charge on any atom is -0.482 e. The van der Waals surface area contributed by atoms with Crippen LogP contribution in [0.15, 0.2) is 36.8 Å². The first-order valence-electron chi connectivity index (χ1n) is 10.9. The molecule has 10 heteroatoms. The molecule has 0 spiro atoms. The summed E-state index contributed by atoms with van der Waals surface area (Å²) in [4.78, 5) is 29.7. The summed E-state index contributed by atoms with van der Waals surface area (Å²) >= 11 is 0. The van der Waals surface area contributed by atoms with Crippen LogP contribution in [0.3, 0.4) is 0 Å². The van der Waals surface area contributed by atoms with Gasteiger partial charge in [-0.1, -0.05) is 0 Å². The Kier molecular flexibility index (Phi) is 6.89. The molecule has 1 aliphatic heterocycles. The molecule has 34 heavy (non-hydrogen) atoms. The Bertz CT molecular complexity index is 1280. The molecule has 0 aromatic carbocycles. The molecule has 3 aromatic heterocycles. The number of ether oxygens (including phenoxy) is 1. The van der Waals surface area contributed by atoms with Crippen LogP contribution in [-0.2, 0) is 9.59 Å². The third-order valence-electron chi connectivity index (χ3n) is 5.45. The third-order valence-corrected chi connectivity index (χ3v) is 5.45. The number of likely N-dealkylation sites (tertiary alicyclic amines) is 1. The Balaban J connectivity index is 1.52. The summed E-state index contributed by atoms with van der Waals surface area (Å²) in [7, 11) is 0. The summed E-state index contributed by atoms with van der Waals surface area (Å²) in [5.41, 5.74) is 2.51. The number of nitrogens with one attached hydrogen (secondary N) is 2. The SMILES string of the molecule is C#CC(=O)NCCNc1ccc(-c2cc(OCC(=O)N3CCCC3)cn3ncc(C#N)c23)cn1. The molecular formula is C24H23N7O3. The summed E-state index contributed by atoms with van der Waals surface area (Å²) in [6.45, 7) is 2.29. The van der Waals surface area contributed by atoms with Gasteiger partial charge in [-0.3, -0.25) is 9.59 Å². The van der Waals surface area contributed by atoms with E-state index < -0.39 is 5.91 Å². The van der Waals surface area contributed by atoms with Gasteiger partial charge in [0.1, 0.15) is 17.6 Å². The van der Waals surface area contributed by atoms with Crippen molar-refractivity contribution in [2.75, 3.05) is 38.1 Å². The second kappa shape index (κ2) is 10.4. The van der Waals surface area contributed by atoms with Crippen LogP contribution >= 0.6 is 0 Å². The normalized spacial score (nSPS) is 12.7. The van der Waals surface area contributed by atoms with Gasteiger partial charge in [-0.2, -0.15) is 10.4 Å². The summed E-state index contributed by atoms with van der Waals surface area (Å²) in [6.07, 6.45) is 11.9. The van der Waals surface area contributed by atoms with Crippen molar-refractivity contribution in [2.45, 2.75) is 12.8 Å². The largest absolute Gasteiger partial charge is 0.482 e. The van der Waals surface area contributed by atoms with Gasteiger partial charge in [0.05, 0.1) is 23.5 Å². The van der Waals surface area contributed by atoms with Crippen molar-refractivity contribution >= 4 is 23.1 Å². The quantitative estimate of drug-likeness (QED) is 0.387. The highest BCUT2D eigenvalue weighted by molar-refractivity contribution is 5.92. The van der Waals surface area contributed by atoms with Crippen molar-refractivity contribution < 1.29 is 14.3 Å². The average molecular weight is 457 g/mol. The van der Waals surface area contributed by atoms with Gasteiger partial charge >= 0.3 is 0 Å². The van der Waals surface area contributed by atoms with E-state index in [2.05, 4.69) is 26.8 Å². The van der Waals surface area contributed by atoms with E-state index in [0.29, 0.717) is 41.3 Å². The van der Waals surface area contributed by atoms with Gasteiger partial charge in [-0.15, -0.1) is 6.42 Å². The molecular weight excluding hydrogens is 434 g/mol. The van der Waals surface area contributed by atoms with E-state index in [9.17, 15) is 14.9 Å². The maximum atomic E-state index is 12.4. The highest BCUT2D eigenvalue weighted by atomic mass is 16.5. The van der Waals surface area contributed by atoms with Crippen molar-refractivity contribution in [1.29, 1.82) is 5.26 Å². The Hall–Kier alpha value is -4.57. The predicted molar refractivity (Wildman–Crippen MR) is 125 cm³/mol. The van der Waals surface area contributed by atoms with Crippen LogP contribution in [0.4, 0.5) is 5.82 Å². The van der Waals surface area contributed by atoms with Crippen molar-refractivity contribution in [3.8, 4) is 35.3 Å². The number of rotatable bonds is 8. The lowest BCUT2D eigenvalue weighted by Crippen LogP contribution is -2.32. The molecule has 10 nitrogen and oxygen atoms in total. The number of hydrogen-bond donors (Lipinski definition) is 2. The number of nitrogens with zero attached hydrogens (tertiary/aromatic N) is 5. The van der Waals surface area contributed by atoms with E-state index in [0.717, 1.165) is 31.5 Å². The molecule has 1 fully saturated rings. The van der Waals surface area contributed by atoms with Crippen LogP contribution in [0.25, 0.3) is 16.6 Å². The van der Waals surface area contributed by atoms with Crippen LogP contribution in [0.5, 0.6) is 5.75 Å². The van der Waals surface area contributed by atoms with Gasteiger partial charge in [-0.25, -0.2) is 9.50 Å². The number of fused-ring (bicyclic) bond motifs is 1. The lowest BCUT2D eigenvalue weighted by atomic mass is 10.1. The Morgan fingerprint density at radius 3 is 2.74 bits per heavy atom. The first-order chi connectivity index (χ1) is 16.6. The van der Waals surface area contributed by atoms with Crippen LogP contribution in [-0.4, -0.2) is 64.1 Å². The predicted octanol–water partition coefficient (Wildman–Crippen LogP) is 1.43. The van der Waals surface area contributed by atoms with Crippen LogP contribution < -0.4 is 15.4 Å². The number of hydrogen-bond acceptors (Lipinski definition) is 7. The molecule has 0 bridgehead atoms. The van der Waals surface area contributed by atoms with Crippen molar-refractivity contribution in [2.24, 2.45) is 0 Å². The van der Waals surface area contributed by atoms with E-state index >= 15 is 0 Å². The summed E-state index contributed by atoms with van der Waals surface area (Å²) in [5.74, 6) is 2.56. The molecule has 1 aliphatic rings. The zero-order valence-corrected chi connectivity index (χ0v) is 18.5. The highest BCUT2D eigenvalue weighted by Gasteiger charge is 2.19. The van der Waals surface area contributed by atoms with Gasteiger partial charge in [0, 0.05) is 43.5 Å². The monoisotopic (exact) mass is 457 g/mol. The Labute approximate surface area is 196 Å². The molecule has 172 valence electrons. The van der Waals surface area contributed by atoms with Gasteiger partial charge < -0.3 is 20.3 Å². The Morgan fingerprint density at radius 2 is 2.03 bits per heavy atom. The number of carbonyl (C=O) groups excluding carboxylic acids is 2. The van der Waals surface area contributed by atoms with Crippen LogP contribution in [0, 0.1) is 23.7 Å². The number of pyridine rings is 2. The smallest absolute Gasteiger partial charge is 0.295 e. The molecule has 4 rings (SSSR count). The fourth-order valence-electron chi connectivity index (χ4n) is 3.76. The molecule has 0 unspecified atom stereocenters. The molecule has 0 radical (unpaired) electrons. The van der Waals surface area contributed by atoms with Gasteiger partial charge in [-0.05, 0) is 37.0 Å². The summed E-state index contributed by atoms with van der Waals surface area (Å²) in [6, 6.07) is 7.60. The minimum atomic E-state index is -0.465. The zero-order chi connectivity index (χ0) is 23.9. The second-order valence-corrected chi connectivity index (χ2v) is 7.69. The molecule has 4 heterocycles. The van der Waals surface area contributed by atoms with Crippen LogP contribution in [0.1, 0.15) is 18.4 Å². The molecule has 1 saturated heterocycles. The minimum absolute atomic E-state index is 0.0483. The molecule has 2 amide bonds. The van der Waals surface area contributed by atoms with Gasteiger partial charge in [0.2, 0.25) is 0 Å². The van der Waals surface area contributed by atoms with E-state index in [-0.39, 0.29) is 12.5 Å². The molecule has 2 N–H and O–H groups in total. The molecule has 3 aromatic rings. The van der Waals surface area contributed by atoms with Crippen LogP contribution in [0.2, 0.25) is 0 Å². The van der Waals surface area contributed by atoms with Crippen molar-refractivity contribution in [1.82, 2.24) is 24.8 Å². The fraction of sp³-hybridized carbons (Fsp3) is 0.292. The number of anilines is 1. The van der Waals surface area contributed by atoms with E-state index in [4.69, 9.17) is 11.2 Å². The third kappa shape index (κ3) is 5.08. The first-order valence-corrected chi connectivity index (χ1v) is 10.9. The topological polar surface area (TPSA) is 125 Å². The van der Waals surface area contributed by atoms with Gasteiger partial charge in [0.15, 0.2) is 6.61 Å². The maximum Gasteiger partial charge on any atom is 0.295 e. The summed E-state index contributed by atoms with van der Waals surface area (Å²) in [5, 5.41) is 19.5. The Morgan fingerprint density at radius 1 is 1.21 bits per heavy atom. The standard InChI is InChI=1S/C24H23N7O3/c1-2-22(32)27-8-7-26-21-6-5-17(13-28-21)20-11-19(15-31-24(20)18(12-25)14-29-31)34-16-23(33)30-9-3-4-10-30/h1,5-6,11,13-15H,3-4,7-10,16H2,(H,26,28)(H,27,32). The number of terminal acetylenes is 1. The van der Waals surface area contributed by atoms with Crippen molar-refractivity contribution in [3.05, 3.63) is 42.4 Å². The number of aromatic nitrogens is 3. The van der Waals surface area contributed by atoms with E-state index in [1.54, 1.807) is 33.9 Å². The lowest BCUT2D eigenvalue weighted by molar-refractivity contribution is -0.132. The molecule has 0 aliphatic carbocycles. The summed E-state index contributed by atoms with van der Waals surface area (Å²) < 4.78 is 7.37. The second-order valence-electron chi connectivity index (χ2n) is 7.69. The maximum absolute atomic E-state index is 12.4. The van der Waals surface area contributed by atoms with Gasteiger partial charge in [0.25, 0.3) is 11.8 Å². The number of nitriles is 1. The van der Waals surface area contributed by atoms with Crippen molar-refractivity contribution in [3.63, 3.8) is 0 Å². The van der Waals surface area contributed by atoms with E-state index in [1.165, 1.54) is 6.20 Å². The zero-order valence-electron chi connectivity index (χ0n) is 18.5. The first kappa shape index (κ1) is 22.6. The molecule has 0 saturated carbocycles. The lowest BCUT2D eigenvalue weighted by Gasteiger charge is -2.16. The average Bonchev–Trinajstić information content (AvgIpc) is 3.55. The molecule has 0 atom stereocenters. The van der Waals surface area contributed by atoms with E-state index in [1.807, 2.05) is 12.0 Å².